The van der Waals surface area contributed by atoms with Gasteiger partial charge in [0.1, 0.15) is 5.15 Å². The molecule has 0 fully saturated rings. The number of benzene rings is 1. The van der Waals surface area contributed by atoms with E-state index >= 15 is 0 Å². The fourth-order valence-corrected chi connectivity index (χ4v) is 2.52. The van der Waals surface area contributed by atoms with E-state index in [0.29, 0.717) is 16.3 Å². The number of methoxy groups -OCH3 is 1. The van der Waals surface area contributed by atoms with Crippen LogP contribution in [0.3, 0.4) is 0 Å². The first-order chi connectivity index (χ1) is 11.3. The fourth-order valence-electron chi connectivity index (χ4n) is 2.28. The van der Waals surface area contributed by atoms with E-state index in [0.717, 1.165) is 5.69 Å². The van der Waals surface area contributed by atoms with Gasteiger partial charge in [0.05, 0.1) is 12.8 Å². The summed E-state index contributed by atoms with van der Waals surface area (Å²) in [6.45, 7) is 2.10. The Hall–Kier alpha value is -2.34. The number of halogens is 2. The molecule has 1 aromatic carbocycles. The normalized spacial score (nSPS) is 11.1. The number of aryl methyl sites for hydroxylation is 2. The second kappa shape index (κ2) is 7.49. The number of hydrogen-bond donors (Lipinski definition) is 0. The average molecular weight is 352 g/mol. The van der Waals surface area contributed by atoms with Crippen molar-refractivity contribution in [2.45, 2.75) is 13.5 Å². The smallest absolute Gasteiger partial charge is 0.246 e. The lowest BCUT2D eigenvalue weighted by Crippen LogP contribution is -2.24. The molecule has 0 saturated carbocycles. The van der Waals surface area contributed by atoms with E-state index in [9.17, 15) is 9.18 Å². The first kappa shape index (κ1) is 18.0. The highest BCUT2D eigenvalue weighted by Crippen LogP contribution is 2.21. The SMILES string of the molecule is COc1ccc(CN(C)C(=O)/C=C/c2c(C)nn(C)c2Cl)cc1F. The molecule has 5 nitrogen and oxygen atoms in total. The first-order valence-corrected chi connectivity index (χ1v) is 7.66. The molecule has 0 spiro atoms. The van der Waals surface area contributed by atoms with Crippen molar-refractivity contribution >= 4 is 23.6 Å². The van der Waals surface area contributed by atoms with Crippen LogP contribution in [-0.2, 0) is 18.4 Å². The van der Waals surface area contributed by atoms with Gasteiger partial charge in [-0.25, -0.2) is 4.39 Å². The van der Waals surface area contributed by atoms with E-state index in [1.165, 1.54) is 30.2 Å². The number of carbonyl (C=O) groups excluding carboxylic acids is 1. The van der Waals surface area contributed by atoms with E-state index in [1.807, 2.05) is 6.92 Å². The maximum atomic E-state index is 13.7. The number of amides is 1. The second-order valence-corrected chi connectivity index (χ2v) is 5.77. The summed E-state index contributed by atoms with van der Waals surface area (Å²) in [5, 5.41) is 4.65. The molecule has 0 aliphatic heterocycles. The molecule has 1 heterocycles. The molecule has 0 saturated heterocycles. The van der Waals surface area contributed by atoms with Gasteiger partial charge in [-0.15, -0.1) is 0 Å². The lowest BCUT2D eigenvalue weighted by atomic mass is 10.2. The van der Waals surface area contributed by atoms with Crippen molar-refractivity contribution in [2.24, 2.45) is 7.05 Å². The second-order valence-electron chi connectivity index (χ2n) is 5.41. The fraction of sp³-hybridized carbons (Fsp3) is 0.294. The zero-order chi connectivity index (χ0) is 17.9. The molecule has 0 aliphatic carbocycles. The Balaban J connectivity index is 2.07. The highest BCUT2D eigenvalue weighted by atomic mass is 35.5. The Morgan fingerprint density at radius 3 is 2.75 bits per heavy atom. The molecule has 1 amide bonds. The summed E-state index contributed by atoms with van der Waals surface area (Å²) in [4.78, 5) is 13.7. The van der Waals surface area contributed by atoms with E-state index in [4.69, 9.17) is 16.3 Å². The molecule has 0 aliphatic rings. The number of likely N-dealkylation sites (N-methyl/N-ethyl adjacent to an activating group) is 1. The number of hydrogen-bond acceptors (Lipinski definition) is 3. The van der Waals surface area contributed by atoms with Crippen molar-refractivity contribution in [1.29, 1.82) is 0 Å². The highest BCUT2D eigenvalue weighted by molar-refractivity contribution is 6.31. The summed E-state index contributed by atoms with van der Waals surface area (Å²) in [5.41, 5.74) is 2.12. The zero-order valence-electron chi connectivity index (χ0n) is 14.0. The van der Waals surface area contributed by atoms with Crippen LogP contribution in [0.2, 0.25) is 5.15 Å². The third-order valence-corrected chi connectivity index (χ3v) is 4.05. The Morgan fingerprint density at radius 1 is 1.50 bits per heavy atom. The molecular weight excluding hydrogens is 333 g/mol. The molecule has 0 atom stereocenters. The number of ether oxygens (including phenoxy) is 1. The standard InChI is InChI=1S/C17H19ClFN3O2/c1-11-13(17(18)22(3)20-11)6-8-16(23)21(2)10-12-5-7-15(24-4)14(19)9-12/h5-9H,10H2,1-4H3/b8-6+. The quantitative estimate of drug-likeness (QED) is 0.777. The van der Waals surface area contributed by atoms with Gasteiger partial charge in [-0.2, -0.15) is 5.10 Å². The van der Waals surface area contributed by atoms with E-state index < -0.39 is 5.82 Å². The first-order valence-electron chi connectivity index (χ1n) is 7.28. The lowest BCUT2D eigenvalue weighted by Gasteiger charge is -2.15. The van der Waals surface area contributed by atoms with E-state index in [2.05, 4.69) is 5.10 Å². The monoisotopic (exact) mass is 351 g/mol. The van der Waals surface area contributed by atoms with Gasteiger partial charge >= 0.3 is 0 Å². The van der Waals surface area contributed by atoms with Gasteiger partial charge in [-0.1, -0.05) is 17.7 Å². The Bertz CT molecular complexity index is 786. The van der Waals surface area contributed by atoms with Crippen molar-refractivity contribution in [3.8, 4) is 5.75 Å². The van der Waals surface area contributed by atoms with E-state index in [-0.39, 0.29) is 18.2 Å². The van der Waals surface area contributed by atoms with Crippen molar-refractivity contribution in [1.82, 2.24) is 14.7 Å². The highest BCUT2D eigenvalue weighted by Gasteiger charge is 2.11. The predicted octanol–water partition coefficient (Wildman–Crippen LogP) is 3.20. The molecule has 2 rings (SSSR count). The van der Waals surface area contributed by atoms with Crippen LogP contribution in [0.4, 0.5) is 4.39 Å². The Kier molecular flexibility index (Phi) is 5.62. The predicted molar refractivity (Wildman–Crippen MR) is 91.4 cm³/mol. The van der Waals surface area contributed by atoms with Crippen LogP contribution in [0, 0.1) is 12.7 Å². The van der Waals surface area contributed by atoms with Gasteiger partial charge in [0, 0.05) is 32.3 Å². The molecule has 2 aromatic rings. The molecular formula is C17H19ClFN3O2. The summed E-state index contributed by atoms with van der Waals surface area (Å²) >= 11 is 6.12. The maximum Gasteiger partial charge on any atom is 0.246 e. The van der Waals surface area contributed by atoms with E-state index in [1.54, 1.807) is 30.9 Å². The molecule has 7 heteroatoms. The van der Waals surface area contributed by atoms with Crippen LogP contribution in [0.1, 0.15) is 16.8 Å². The van der Waals surface area contributed by atoms with Crippen LogP contribution in [0.25, 0.3) is 6.08 Å². The number of carbonyl (C=O) groups is 1. The third-order valence-electron chi connectivity index (χ3n) is 3.60. The van der Waals surface area contributed by atoms with Crippen molar-refractivity contribution in [2.75, 3.05) is 14.2 Å². The van der Waals surface area contributed by atoms with Gasteiger partial charge in [0.25, 0.3) is 0 Å². The summed E-state index contributed by atoms with van der Waals surface area (Å²) in [5.74, 6) is -0.496. The van der Waals surface area contributed by atoms with Crippen molar-refractivity contribution in [3.63, 3.8) is 0 Å². The van der Waals surface area contributed by atoms with Gasteiger partial charge in [-0.05, 0) is 30.7 Å². The van der Waals surface area contributed by atoms with Gasteiger partial charge < -0.3 is 9.64 Å². The Morgan fingerprint density at radius 2 is 2.21 bits per heavy atom. The molecule has 0 bridgehead atoms. The summed E-state index contributed by atoms with van der Waals surface area (Å²) in [6, 6.07) is 4.61. The van der Waals surface area contributed by atoms with Crippen LogP contribution >= 0.6 is 11.6 Å². The summed E-state index contributed by atoms with van der Waals surface area (Å²) < 4.78 is 20.1. The van der Waals surface area contributed by atoms with Gasteiger partial charge in [-0.3, -0.25) is 9.48 Å². The average Bonchev–Trinajstić information content (AvgIpc) is 2.78. The van der Waals surface area contributed by atoms with Crippen molar-refractivity contribution in [3.05, 3.63) is 52.1 Å². The minimum atomic E-state index is -0.454. The van der Waals surface area contributed by atoms with Crippen molar-refractivity contribution < 1.29 is 13.9 Å². The third kappa shape index (κ3) is 3.94. The summed E-state index contributed by atoms with van der Waals surface area (Å²) in [7, 11) is 4.79. The van der Waals surface area contributed by atoms with Crippen LogP contribution in [0.15, 0.2) is 24.3 Å². The molecule has 1 aromatic heterocycles. The number of rotatable bonds is 5. The van der Waals surface area contributed by atoms with Crippen LogP contribution in [-0.4, -0.2) is 34.7 Å². The minimum absolute atomic E-state index is 0.175. The molecule has 0 radical (unpaired) electrons. The van der Waals surface area contributed by atoms with Crippen LogP contribution < -0.4 is 4.74 Å². The number of aromatic nitrogens is 2. The molecule has 0 N–H and O–H groups in total. The van der Waals surface area contributed by atoms with Crippen LogP contribution in [0.5, 0.6) is 5.75 Å². The number of nitrogens with zero attached hydrogens (tertiary/aromatic N) is 3. The molecule has 128 valence electrons. The zero-order valence-corrected chi connectivity index (χ0v) is 14.8. The molecule has 0 unspecified atom stereocenters. The Labute approximate surface area is 145 Å². The largest absolute Gasteiger partial charge is 0.494 e. The maximum absolute atomic E-state index is 13.7. The van der Waals surface area contributed by atoms with Gasteiger partial charge in [0.15, 0.2) is 11.6 Å². The minimum Gasteiger partial charge on any atom is -0.494 e. The lowest BCUT2D eigenvalue weighted by molar-refractivity contribution is -0.125. The summed E-state index contributed by atoms with van der Waals surface area (Å²) in [6.07, 6.45) is 3.06. The topological polar surface area (TPSA) is 47.4 Å². The molecule has 24 heavy (non-hydrogen) atoms. The van der Waals surface area contributed by atoms with Gasteiger partial charge in [0.2, 0.25) is 5.91 Å².